The molecule has 20 heavy (non-hydrogen) atoms. The average Bonchev–Trinajstić information content (AvgIpc) is 2.43. The minimum absolute atomic E-state index is 0.0846. The molecule has 4 heteroatoms. The highest BCUT2D eigenvalue weighted by Crippen LogP contribution is 2.36. The molecule has 1 aliphatic rings. The van der Waals surface area contributed by atoms with E-state index in [0.29, 0.717) is 6.42 Å². The first kappa shape index (κ1) is 16.2. The molecule has 2 unspecified atom stereocenters. The zero-order chi connectivity index (χ0) is 15.2. The van der Waals surface area contributed by atoms with Gasteiger partial charge in [-0.2, -0.15) is 5.26 Å². The van der Waals surface area contributed by atoms with E-state index in [1.54, 1.807) is 0 Å². The minimum atomic E-state index is -2.84. The molecule has 0 amide bonds. The lowest BCUT2D eigenvalue weighted by Gasteiger charge is -2.24. The summed E-state index contributed by atoms with van der Waals surface area (Å²) in [7, 11) is 0. The highest BCUT2D eigenvalue weighted by atomic mass is 19.3. The fraction of sp³-hybridized carbons (Fsp3) is 0.625. The molecule has 0 aliphatic heterocycles. The maximum absolute atomic E-state index is 13.0. The van der Waals surface area contributed by atoms with Crippen LogP contribution < -0.4 is 0 Å². The Kier molecular flexibility index (Phi) is 5.29. The lowest BCUT2D eigenvalue weighted by molar-refractivity contribution is 0.00754. The summed E-state index contributed by atoms with van der Waals surface area (Å²) >= 11 is 0. The van der Waals surface area contributed by atoms with Crippen LogP contribution >= 0.6 is 0 Å². The topological polar surface area (TPSA) is 28.1 Å². The van der Waals surface area contributed by atoms with Crippen LogP contribution in [-0.4, -0.2) is 11.5 Å². The van der Waals surface area contributed by atoms with Gasteiger partial charge in [0.25, 0.3) is 0 Å². The van der Waals surface area contributed by atoms with Crippen molar-refractivity contribution in [1.29, 1.82) is 5.26 Å². The fourth-order valence-electron chi connectivity index (χ4n) is 2.44. The summed E-state index contributed by atoms with van der Waals surface area (Å²) in [5.74, 6) is -0.0681. The lowest BCUT2D eigenvalue weighted by Crippen LogP contribution is -2.29. The number of terminal acetylenes is 1. The van der Waals surface area contributed by atoms with Gasteiger partial charge in [0, 0.05) is 19.3 Å². The second-order valence-corrected chi connectivity index (χ2v) is 5.54. The normalized spacial score (nSPS) is 21.8. The van der Waals surface area contributed by atoms with Crippen LogP contribution in [0, 0.1) is 36.2 Å². The van der Waals surface area contributed by atoms with Crippen molar-refractivity contribution < 1.29 is 8.78 Å². The van der Waals surface area contributed by atoms with E-state index in [2.05, 4.69) is 10.8 Å². The molecule has 0 aromatic heterocycles. The first-order valence-corrected chi connectivity index (χ1v) is 6.67. The van der Waals surface area contributed by atoms with Crippen LogP contribution in [0.4, 0.5) is 8.78 Å². The van der Waals surface area contributed by atoms with Gasteiger partial charge in [0.15, 0.2) is 6.07 Å². The number of halogens is 2. The van der Waals surface area contributed by atoms with Gasteiger partial charge in [0.2, 0.25) is 5.92 Å². The molecule has 0 spiro atoms. The highest BCUT2D eigenvalue weighted by Gasteiger charge is 2.41. The molecule has 1 aliphatic carbocycles. The summed E-state index contributed by atoms with van der Waals surface area (Å²) in [4.78, 5) is 3.37. The molecule has 0 saturated heterocycles. The van der Waals surface area contributed by atoms with Crippen molar-refractivity contribution in [3.05, 3.63) is 23.1 Å². The molecule has 0 N–H and O–H groups in total. The maximum Gasteiger partial charge on any atom is 0.316 e. The van der Waals surface area contributed by atoms with Crippen molar-refractivity contribution in [2.24, 2.45) is 5.92 Å². The van der Waals surface area contributed by atoms with Gasteiger partial charge in [-0.15, -0.1) is 6.42 Å². The van der Waals surface area contributed by atoms with Crippen LogP contribution in [0.5, 0.6) is 0 Å². The highest BCUT2D eigenvalue weighted by molar-refractivity contribution is 5.27. The Morgan fingerprint density at radius 2 is 2.25 bits per heavy atom. The molecule has 0 radical (unpaired) electrons. The molecule has 0 saturated carbocycles. The van der Waals surface area contributed by atoms with Gasteiger partial charge >= 0.3 is 5.54 Å². The Balaban J connectivity index is 2.70. The predicted octanol–water partition coefficient (Wildman–Crippen LogP) is 4.35. The van der Waals surface area contributed by atoms with Crippen LogP contribution in [0.15, 0.2) is 11.6 Å². The van der Waals surface area contributed by atoms with E-state index in [-0.39, 0.29) is 12.3 Å². The van der Waals surface area contributed by atoms with Gasteiger partial charge in [-0.3, -0.25) is 4.85 Å². The van der Waals surface area contributed by atoms with Crippen LogP contribution in [0.2, 0.25) is 0 Å². The van der Waals surface area contributed by atoms with Gasteiger partial charge in [-0.25, -0.2) is 15.4 Å². The number of hydrogen-bond donors (Lipinski definition) is 0. The summed E-state index contributed by atoms with van der Waals surface area (Å²) < 4.78 is 25.9. The molecule has 0 heterocycles. The molecule has 0 fully saturated rings. The minimum Gasteiger partial charge on any atom is -0.294 e. The van der Waals surface area contributed by atoms with Crippen molar-refractivity contribution in [3.63, 3.8) is 0 Å². The summed E-state index contributed by atoms with van der Waals surface area (Å²) in [6.45, 7) is 8.04. The molecular formula is C16H18F2N2. The average molecular weight is 276 g/mol. The zero-order valence-corrected chi connectivity index (χ0v) is 11.6. The predicted molar refractivity (Wildman–Crippen MR) is 73.7 cm³/mol. The molecule has 0 aromatic rings. The van der Waals surface area contributed by atoms with Crippen molar-refractivity contribution >= 4 is 0 Å². The van der Waals surface area contributed by atoms with E-state index in [9.17, 15) is 14.0 Å². The van der Waals surface area contributed by atoms with Crippen LogP contribution in [0.25, 0.3) is 4.85 Å². The molecule has 106 valence electrons. The number of allylic oxidation sites excluding steroid dienone is 2. The SMILES string of the molecule is [C-]#[N+]C(C#N)(CCC(C)(F)F)CC1CC=C(C#C)CC1. The lowest BCUT2D eigenvalue weighted by atomic mass is 9.78. The standard InChI is InChI=1S/C16H18F2N2/c1-4-13-5-7-14(8-6-13)11-16(12-19,20-3)10-9-15(2,17)18/h1,5,14H,6-11H2,2H3. The van der Waals surface area contributed by atoms with E-state index in [1.807, 2.05) is 12.1 Å². The number of hydrogen-bond acceptors (Lipinski definition) is 1. The van der Waals surface area contributed by atoms with E-state index >= 15 is 0 Å². The maximum atomic E-state index is 13.0. The van der Waals surface area contributed by atoms with Gasteiger partial charge in [-0.1, -0.05) is 12.0 Å². The first-order valence-electron chi connectivity index (χ1n) is 6.67. The third-order valence-corrected chi connectivity index (χ3v) is 3.73. The largest absolute Gasteiger partial charge is 0.316 e. The Morgan fingerprint density at radius 1 is 1.55 bits per heavy atom. The molecular weight excluding hydrogens is 258 g/mol. The van der Waals surface area contributed by atoms with E-state index < -0.39 is 17.9 Å². The molecule has 2 nitrogen and oxygen atoms in total. The van der Waals surface area contributed by atoms with Crippen LogP contribution in [0.1, 0.15) is 45.4 Å². The second-order valence-electron chi connectivity index (χ2n) is 5.54. The van der Waals surface area contributed by atoms with Gasteiger partial charge in [-0.05, 0) is 37.7 Å². The third kappa shape index (κ3) is 4.67. The molecule has 1 rings (SSSR count). The number of nitriles is 1. The van der Waals surface area contributed by atoms with Crippen LogP contribution in [0.3, 0.4) is 0 Å². The smallest absolute Gasteiger partial charge is 0.294 e. The quantitative estimate of drug-likeness (QED) is 0.542. The van der Waals surface area contributed by atoms with E-state index in [1.165, 1.54) is 0 Å². The van der Waals surface area contributed by atoms with Crippen molar-refractivity contribution in [3.8, 4) is 18.4 Å². The van der Waals surface area contributed by atoms with Crippen molar-refractivity contribution in [1.82, 2.24) is 0 Å². The van der Waals surface area contributed by atoms with E-state index in [4.69, 9.17) is 13.0 Å². The summed E-state index contributed by atoms with van der Waals surface area (Å²) in [6.07, 6.45) is 9.41. The number of nitrogens with zero attached hydrogens (tertiary/aromatic N) is 2. The Labute approximate surface area is 119 Å². The Morgan fingerprint density at radius 3 is 2.65 bits per heavy atom. The third-order valence-electron chi connectivity index (χ3n) is 3.73. The van der Waals surface area contributed by atoms with Crippen molar-refractivity contribution in [2.75, 3.05) is 0 Å². The fourth-order valence-corrected chi connectivity index (χ4v) is 2.44. The Hall–Kier alpha value is -1.86. The van der Waals surface area contributed by atoms with Crippen molar-refractivity contribution in [2.45, 2.75) is 56.9 Å². The second kappa shape index (κ2) is 6.53. The molecule has 0 aromatic carbocycles. The molecule has 2 atom stereocenters. The van der Waals surface area contributed by atoms with Gasteiger partial charge in [0.05, 0.1) is 0 Å². The van der Waals surface area contributed by atoms with E-state index in [0.717, 1.165) is 31.8 Å². The first-order chi connectivity index (χ1) is 9.34. The monoisotopic (exact) mass is 276 g/mol. The number of rotatable bonds is 5. The molecule has 0 bridgehead atoms. The van der Waals surface area contributed by atoms with Gasteiger partial charge in [0.1, 0.15) is 0 Å². The van der Waals surface area contributed by atoms with Gasteiger partial charge < -0.3 is 0 Å². The Bertz CT molecular complexity index is 481. The van der Waals surface area contributed by atoms with Crippen LogP contribution in [-0.2, 0) is 0 Å². The summed E-state index contributed by atoms with van der Waals surface area (Å²) in [5, 5.41) is 9.25. The number of alkyl halides is 2. The summed E-state index contributed by atoms with van der Waals surface area (Å²) in [5.41, 5.74) is -0.377. The zero-order valence-electron chi connectivity index (χ0n) is 11.6. The summed E-state index contributed by atoms with van der Waals surface area (Å²) in [6, 6.07) is 1.96.